The summed E-state index contributed by atoms with van der Waals surface area (Å²) in [6, 6.07) is 8.14. The van der Waals surface area contributed by atoms with Crippen LogP contribution in [0.3, 0.4) is 0 Å². The first-order valence-corrected chi connectivity index (χ1v) is 7.36. The molecule has 2 aromatic rings. The number of ether oxygens (including phenoxy) is 1. The molecule has 0 aliphatic carbocycles. The van der Waals surface area contributed by atoms with Crippen LogP contribution in [0, 0.1) is 18.6 Å². The Morgan fingerprint density at radius 1 is 1.19 bits per heavy atom. The monoisotopic (exact) mass is 308 g/mol. The maximum absolute atomic E-state index is 14.2. The van der Waals surface area contributed by atoms with Crippen molar-refractivity contribution in [2.45, 2.75) is 25.1 Å². The number of halogens is 3. The Balaban J connectivity index is 2.03. The van der Waals surface area contributed by atoms with Gasteiger partial charge in [0.2, 0.25) is 0 Å². The first kappa shape index (κ1) is 14.3. The van der Waals surface area contributed by atoms with Crippen molar-refractivity contribution in [3.05, 3.63) is 64.2 Å². The molecule has 0 amide bonds. The Bertz CT molecular complexity index is 685. The third-order valence-corrected chi connectivity index (χ3v) is 4.27. The molecule has 0 bridgehead atoms. The summed E-state index contributed by atoms with van der Waals surface area (Å²) in [6.07, 6.45) is 1.84. The van der Waals surface area contributed by atoms with Crippen molar-refractivity contribution >= 4 is 11.6 Å². The van der Waals surface area contributed by atoms with Crippen LogP contribution in [0.1, 0.15) is 34.1 Å². The van der Waals surface area contributed by atoms with Crippen LogP contribution in [0.2, 0.25) is 0 Å². The van der Waals surface area contributed by atoms with E-state index in [2.05, 4.69) is 0 Å². The predicted octanol–water partition coefficient (Wildman–Crippen LogP) is 4.93. The number of hydrogen-bond donors (Lipinski definition) is 0. The lowest BCUT2D eigenvalue weighted by atomic mass is 9.97. The summed E-state index contributed by atoms with van der Waals surface area (Å²) in [6.45, 7) is 2.31. The van der Waals surface area contributed by atoms with Gasteiger partial charge in [0.25, 0.3) is 0 Å². The molecule has 1 unspecified atom stereocenters. The van der Waals surface area contributed by atoms with Crippen LogP contribution in [-0.2, 0) is 6.42 Å². The highest BCUT2D eigenvalue weighted by molar-refractivity contribution is 6.22. The number of benzene rings is 2. The van der Waals surface area contributed by atoms with Gasteiger partial charge in [0.1, 0.15) is 17.4 Å². The number of fused-ring (bicyclic) bond motifs is 1. The second-order valence-electron chi connectivity index (χ2n) is 5.27. The Labute approximate surface area is 127 Å². The predicted molar refractivity (Wildman–Crippen MR) is 79.0 cm³/mol. The van der Waals surface area contributed by atoms with Crippen LogP contribution >= 0.6 is 11.6 Å². The van der Waals surface area contributed by atoms with Gasteiger partial charge in [-0.3, -0.25) is 0 Å². The van der Waals surface area contributed by atoms with Crippen LogP contribution in [0.4, 0.5) is 8.78 Å². The molecule has 0 spiro atoms. The van der Waals surface area contributed by atoms with Gasteiger partial charge in [-0.15, -0.1) is 11.6 Å². The first-order valence-electron chi connectivity index (χ1n) is 6.92. The van der Waals surface area contributed by atoms with Crippen molar-refractivity contribution in [1.82, 2.24) is 0 Å². The molecule has 3 rings (SSSR count). The summed E-state index contributed by atoms with van der Waals surface area (Å²) < 4.78 is 33.7. The molecule has 1 nitrogen and oxygen atoms in total. The van der Waals surface area contributed by atoms with Gasteiger partial charge in [-0.05, 0) is 48.6 Å². The molecular formula is C17H15ClF2O. The normalized spacial score (nSPS) is 15.2. The van der Waals surface area contributed by atoms with Gasteiger partial charge in [-0.2, -0.15) is 0 Å². The van der Waals surface area contributed by atoms with Gasteiger partial charge < -0.3 is 4.74 Å². The molecule has 0 fully saturated rings. The lowest BCUT2D eigenvalue weighted by molar-refractivity contribution is 0.288. The third-order valence-electron chi connectivity index (χ3n) is 3.80. The lowest BCUT2D eigenvalue weighted by Gasteiger charge is -2.20. The van der Waals surface area contributed by atoms with E-state index in [0.717, 1.165) is 24.2 Å². The van der Waals surface area contributed by atoms with E-state index < -0.39 is 17.0 Å². The second kappa shape index (κ2) is 5.64. The highest BCUT2D eigenvalue weighted by atomic mass is 35.5. The molecule has 0 N–H and O–H groups in total. The minimum Gasteiger partial charge on any atom is -0.493 e. The van der Waals surface area contributed by atoms with Gasteiger partial charge >= 0.3 is 0 Å². The van der Waals surface area contributed by atoms with Crippen LogP contribution in [0.5, 0.6) is 5.75 Å². The summed E-state index contributed by atoms with van der Waals surface area (Å²) in [5.74, 6) is -0.366. The molecule has 110 valence electrons. The van der Waals surface area contributed by atoms with Crippen LogP contribution in [-0.4, -0.2) is 6.61 Å². The van der Waals surface area contributed by atoms with Crippen molar-refractivity contribution in [3.8, 4) is 5.75 Å². The maximum atomic E-state index is 14.2. The number of aryl methyl sites for hydroxylation is 2. The van der Waals surface area contributed by atoms with Crippen molar-refractivity contribution in [2.75, 3.05) is 6.61 Å². The second-order valence-corrected chi connectivity index (χ2v) is 5.71. The zero-order chi connectivity index (χ0) is 15.0. The number of rotatable bonds is 2. The Morgan fingerprint density at radius 2 is 2.00 bits per heavy atom. The van der Waals surface area contributed by atoms with Crippen molar-refractivity contribution in [2.24, 2.45) is 0 Å². The standard InChI is InChI=1S/C17H15ClF2O/c1-10-4-6-13(19)15(17(10)20)16(18)12-5-7-14-11(9-12)3-2-8-21-14/h4-7,9,16H,2-3,8H2,1H3. The quantitative estimate of drug-likeness (QED) is 0.715. The maximum Gasteiger partial charge on any atom is 0.134 e. The molecule has 0 aromatic heterocycles. The molecule has 1 atom stereocenters. The van der Waals surface area contributed by atoms with Gasteiger partial charge in [-0.25, -0.2) is 8.78 Å². The van der Waals surface area contributed by atoms with E-state index in [4.69, 9.17) is 16.3 Å². The van der Waals surface area contributed by atoms with Gasteiger partial charge in [0.05, 0.1) is 12.0 Å². The van der Waals surface area contributed by atoms with E-state index in [1.54, 1.807) is 13.0 Å². The van der Waals surface area contributed by atoms with Gasteiger partial charge in [-0.1, -0.05) is 18.2 Å². The summed E-state index contributed by atoms with van der Waals surface area (Å²) in [4.78, 5) is 0. The molecule has 21 heavy (non-hydrogen) atoms. The van der Waals surface area contributed by atoms with Crippen LogP contribution in [0.15, 0.2) is 30.3 Å². The Morgan fingerprint density at radius 3 is 2.81 bits per heavy atom. The van der Waals surface area contributed by atoms with Crippen LogP contribution in [0.25, 0.3) is 0 Å². The smallest absolute Gasteiger partial charge is 0.134 e. The van der Waals surface area contributed by atoms with Crippen molar-refractivity contribution in [1.29, 1.82) is 0 Å². The summed E-state index contributed by atoms with van der Waals surface area (Å²) >= 11 is 6.34. The largest absolute Gasteiger partial charge is 0.493 e. The van der Waals surface area contributed by atoms with Crippen molar-refractivity contribution in [3.63, 3.8) is 0 Å². The average molecular weight is 309 g/mol. The van der Waals surface area contributed by atoms with E-state index in [1.807, 2.05) is 12.1 Å². The molecule has 1 aliphatic rings. The molecule has 0 saturated carbocycles. The fourth-order valence-electron chi connectivity index (χ4n) is 2.62. The minimum atomic E-state index is -0.850. The summed E-state index contributed by atoms with van der Waals surface area (Å²) in [5, 5.41) is -0.850. The average Bonchev–Trinajstić information content (AvgIpc) is 2.51. The number of alkyl halides is 1. The van der Waals surface area contributed by atoms with E-state index >= 15 is 0 Å². The third kappa shape index (κ3) is 2.62. The summed E-state index contributed by atoms with van der Waals surface area (Å²) in [7, 11) is 0. The van der Waals surface area contributed by atoms with Gasteiger partial charge in [0, 0.05) is 5.56 Å². The van der Waals surface area contributed by atoms with E-state index in [1.165, 1.54) is 12.1 Å². The first-order chi connectivity index (χ1) is 10.1. The topological polar surface area (TPSA) is 9.23 Å². The molecule has 1 heterocycles. The van der Waals surface area contributed by atoms with Gasteiger partial charge in [0.15, 0.2) is 0 Å². The zero-order valence-electron chi connectivity index (χ0n) is 11.6. The van der Waals surface area contributed by atoms with E-state index in [0.29, 0.717) is 17.7 Å². The molecule has 4 heteroatoms. The Hall–Kier alpha value is -1.61. The van der Waals surface area contributed by atoms with Crippen LogP contribution < -0.4 is 4.74 Å². The highest BCUT2D eigenvalue weighted by Crippen LogP contribution is 2.36. The SMILES string of the molecule is Cc1ccc(F)c(C(Cl)c2ccc3c(c2)CCCO3)c1F. The Kier molecular flexibility index (Phi) is 3.85. The molecule has 0 radical (unpaired) electrons. The highest BCUT2D eigenvalue weighted by Gasteiger charge is 2.22. The number of hydrogen-bond acceptors (Lipinski definition) is 1. The fourth-order valence-corrected chi connectivity index (χ4v) is 2.95. The molecule has 2 aromatic carbocycles. The molecule has 1 aliphatic heterocycles. The van der Waals surface area contributed by atoms with E-state index in [9.17, 15) is 8.78 Å². The lowest BCUT2D eigenvalue weighted by Crippen LogP contribution is -2.09. The van der Waals surface area contributed by atoms with E-state index in [-0.39, 0.29) is 5.56 Å². The van der Waals surface area contributed by atoms with Crippen molar-refractivity contribution < 1.29 is 13.5 Å². The zero-order valence-corrected chi connectivity index (χ0v) is 12.4. The minimum absolute atomic E-state index is 0.0895. The molecule has 0 saturated heterocycles. The fraction of sp³-hybridized carbons (Fsp3) is 0.294. The molecular weight excluding hydrogens is 294 g/mol. The summed E-state index contributed by atoms with van der Waals surface area (Å²) in [5.41, 5.74) is 2.02.